The maximum atomic E-state index is 5.68. The first-order valence-corrected chi connectivity index (χ1v) is 7.35. The molecule has 2 saturated heterocycles. The highest BCUT2D eigenvalue weighted by atomic mass is 15.3. The predicted molar refractivity (Wildman–Crippen MR) is 78.3 cm³/mol. The maximum absolute atomic E-state index is 5.68. The number of piperazine rings is 1. The SMILES string of the molecule is Cc1cc(CN)cnc1N1CC2CCCN2CC1C. The third-order valence-electron chi connectivity index (χ3n) is 4.55. The van der Waals surface area contributed by atoms with Gasteiger partial charge in [-0.25, -0.2) is 4.98 Å². The molecule has 4 heteroatoms. The molecule has 4 nitrogen and oxygen atoms in total. The first kappa shape index (κ1) is 12.9. The number of rotatable bonds is 2. The monoisotopic (exact) mass is 260 g/mol. The zero-order chi connectivity index (χ0) is 13.4. The second kappa shape index (κ2) is 5.10. The van der Waals surface area contributed by atoms with Gasteiger partial charge in [-0.1, -0.05) is 0 Å². The van der Waals surface area contributed by atoms with Crippen LogP contribution < -0.4 is 10.6 Å². The standard InChI is InChI=1S/C15H24N4/c1-11-6-13(7-16)8-17-15(11)19-10-14-4-3-5-18(14)9-12(19)2/h6,8,12,14H,3-5,7,9-10,16H2,1-2H3. The quantitative estimate of drug-likeness (QED) is 0.876. The average Bonchev–Trinajstić information content (AvgIpc) is 2.85. The van der Waals surface area contributed by atoms with Gasteiger partial charge in [-0.3, -0.25) is 4.90 Å². The minimum Gasteiger partial charge on any atom is -0.351 e. The highest BCUT2D eigenvalue weighted by Gasteiger charge is 2.35. The van der Waals surface area contributed by atoms with Crippen LogP contribution in [0.1, 0.15) is 30.9 Å². The second-order valence-corrected chi connectivity index (χ2v) is 5.98. The summed E-state index contributed by atoms with van der Waals surface area (Å²) in [7, 11) is 0. The second-order valence-electron chi connectivity index (χ2n) is 5.98. The highest BCUT2D eigenvalue weighted by molar-refractivity contribution is 5.49. The molecule has 0 bridgehead atoms. The van der Waals surface area contributed by atoms with Crippen LogP contribution in [0.25, 0.3) is 0 Å². The molecule has 0 aromatic carbocycles. The smallest absolute Gasteiger partial charge is 0.131 e. The van der Waals surface area contributed by atoms with Crippen LogP contribution in [-0.2, 0) is 6.54 Å². The van der Waals surface area contributed by atoms with Crippen LogP contribution in [0.2, 0.25) is 0 Å². The Morgan fingerprint density at radius 2 is 2.26 bits per heavy atom. The molecule has 0 aliphatic carbocycles. The fourth-order valence-electron chi connectivity index (χ4n) is 3.52. The van der Waals surface area contributed by atoms with Crippen molar-refractivity contribution < 1.29 is 0 Å². The number of pyridine rings is 1. The molecule has 1 aromatic heterocycles. The van der Waals surface area contributed by atoms with Gasteiger partial charge in [0.25, 0.3) is 0 Å². The van der Waals surface area contributed by atoms with Gasteiger partial charge in [0.2, 0.25) is 0 Å². The van der Waals surface area contributed by atoms with Crippen LogP contribution in [0.5, 0.6) is 0 Å². The summed E-state index contributed by atoms with van der Waals surface area (Å²) in [5.41, 5.74) is 8.05. The first-order chi connectivity index (χ1) is 9.19. The third-order valence-corrected chi connectivity index (χ3v) is 4.55. The zero-order valence-corrected chi connectivity index (χ0v) is 12.0. The predicted octanol–water partition coefficient (Wildman–Crippen LogP) is 1.52. The van der Waals surface area contributed by atoms with Gasteiger partial charge in [0.1, 0.15) is 5.82 Å². The van der Waals surface area contributed by atoms with Crippen LogP contribution >= 0.6 is 0 Å². The fourth-order valence-corrected chi connectivity index (χ4v) is 3.52. The van der Waals surface area contributed by atoms with Crippen LogP contribution in [0.4, 0.5) is 5.82 Å². The Kier molecular flexibility index (Phi) is 3.46. The summed E-state index contributed by atoms with van der Waals surface area (Å²) in [5.74, 6) is 1.15. The molecule has 0 saturated carbocycles. The molecule has 3 heterocycles. The van der Waals surface area contributed by atoms with Crippen molar-refractivity contribution >= 4 is 5.82 Å². The van der Waals surface area contributed by atoms with Gasteiger partial charge in [-0.2, -0.15) is 0 Å². The Morgan fingerprint density at radius 1 is 1.42 bits per heavy atom. The van der Waals surface area contributed by atoms with Crippen molar-refractivity contribution in [2.45, 2.75) is 45.3 Å². The Balaban J connectivity index is 1.84. The first-order valence-electron chi connectivity index (χ1n) is 7.35. The molecule has 2 N–H and O–H groups in total. The molecule has 0 amide bonds. The molecule has 1 aromatic rings. The van der Waals surface area contributed by atoms with E-state index in [4.69, 9.17) is 5.73 Å². The molecule has 2 unspecified atom stereocenters. The summed E-state index contributed by atoms with van der Waals surface area (Å²) in [6, 6.07) is 3.45. The lowest BCUT2D eigenvalue weighted by atomic mass is 10.1. The number of anilines is 1. The van der Waals surface area contributed by atoms with Crippen LogP contribution in [0, 0.1) is 6.92 Å². The lowest BCUT2D eigenvalue weighted by Gasteiger charge is -2.43. The van der Waals surface area contributed by atoms with Gasteiger partial charge in [0.05, 0.1) is 0 Å². The molecule has 3 rings (SSSR count). The molecular formula is C15H24N4. The van der Waals surface area contributed by atoms with E-state index >= 15 is 0 Å². The summed E-state index contributed by atoms with van der Waals surface area (Å²) in [6.45, 7) is 8.60. The van der Waals surface area contributed by atoms with Gasteiger partial charge in [-0.05, 0) is 50.4 Å². The molecule has 0 radical (unpaired) electrons. The number of nitrogens with zero attached hydrogens (tertiary/aromatic N) is 3. The van der Waals surface area contributed by atoms with Gasteiger partial charge < -0.3 is 10.6 Å². The van der Waals surface area contributed by atoms with Crippen molar-refractivity contribution in [1.82, 2.24) is 9.88 Å². The highest BCUT2D eigenvalue weighted by Crippen LogP contribution is 2.29. The summed E-state index contributed by atoms with van der Waals surface area (Å²) in [4.78, 5) is 9.80. The van der Waals surface area contributed by atoms with E-state index in [0.29, 0.717) is 12.6 Å². The molecule has 19 heavy (non-hydrogen) atoms. The molecule has 2 aliphatic heterocycles. The van der Waals surface area contributed by atoms with Gasteiger partial charge >= 0.3 is 0 Å². The van der Waals surface area contributed by atoms with Gasteiger partial charge in [0, 0.05) is 37.9 Å². The summed E-state index contributed by atoms with van der Waals surface area (Å²) >= 11 is 0. The Morgan fingerprint density at radius 3 is 3.00 bits per heavy atom. The zero-order valence-electron chi connectivity index (χ0n) is 12.0. The van der Waals surface area contributed by atoms with Crippen molar-refractivity contribution in [2.24, 2.45) is 5.73 Å². The van der Waals surface area contributed by atoms with E-state index in [0.717, 1.165) is 24.0 Å². The van der Waals surface area contributed by atoms with Crippen molar-refractivity contribution in [3.05, 3.63) is 23.4 Å². The summed E-state index contributed by atoms with van der Waals surface area (Å²) in [5, 5.41) is 0. The molecule has 104 valence electrons. The summed E-state index contributed by atoms with van der Waals surface area (Å²) < 4.78 is 0. The lowest BCUT2D eigenvalue weighted by Crippen LogP contribution is -2.55. The number of nitrogens with two attached hydrogens (primary N) is 1. The van der Waals surface area contributed by atoms with Crippen molar-refractivity contribution in [3.63, 3.8) is 0 Å². The maximum Gasteiger partial charge on any atom is 0.131 e. The number of hydrogen-bond donors (Lipinski definition) is 1. The number of fused-ring (bicyclic) bond motifs is 1. The Hall–Kier alpha value is -1.13. The minimum absolute atomic E-state index is 0.546. The van der Waals surface area contributed by atoms with E-state index in [1.54, 1.807) is 0 Å². The fraction of sp³-hybridized carbons (Fsp3) is 0.667. The van der Waals surface area contributed by atoms with E-state index in [9.17, 15) is 0 Å². The Labute approximate surface area is 115 Å². The molecule has 2 atom stereocenters. The number of aryl methyl sites for hydroxylation is 1. The number of aromatic nitrogens is 1. The number of hydrogen-bond acceptors (Lipinski definition) is 4. The van der Waals surface area contributed by atoms with Crippen molar-refractivity contribution in [1.29, 1.82) is 0 Å². The molecule has 2 aliphatic rings. The van der Waals surface area contributed by atoms with E-state index in [-0.39, 0.29) is 0 Å². The van der Waals surface area contributed by atoms with Crippen LogP contribution in [-0.4, -0.2) is 41.6 Å². The summed E-state index contributed by atoms with van der Waals surface area (Å²) in [6.07, 6.45) is 4.61. The van der Waals surface area contributed by atoms with Crippen molar-refractivity contribution in [3.8, 4) is 0 Å². The van der Waals surface area contributed by atoms with Crippen LogP contribution in [0.15, 0.2) is 12.3 Å². The van der Waals surface area contributed by atoms with E-state index in [1.807, 2.05) is 6.20 Å². The largest absolute Gasteiger partial charge is 0.351 e. The molecule has 0 spiro atoms. The molecule has 2 fully saturated rings. The Bertz CT molecular complexity index is 459. The third kappa shape index (κ3) is 2.35. The van der Waals surface area contributed by atoms with Gasteiger partial charge in [-0.15, -0.1) is 0 Å². The van der Waals surface area contributed by atoms with E-state index in [1.165, 1.54) is 31.5 Å². The van der Waals surface area contributed by atoms with E-state index in [2.05, 4.69) is 34.7 Å². The topological polar surface area (TPSA) is 45.4 Å². The lowest BCUT2D eigenvalue weighted by molar-refractivity contribution is 0.202. The molecular weight excluding hydrogens is 236 g/mol. The normalized spacial score (nSPS) is 27.6. The average molecular weight is 260 g/mol. The van der Waals surface area contributed by atoms with Crippen molar-refractivity contribution in [2.75, 3.05) is 24.5 Å². The van der Waals surface area contributed by atoms with E-state index < -0.39 is 0 Å². The van der Waals surface area contributed by atoms with Gasteiger partial charge in [0.15, 0.2) is 0 Å². The van der Waals surface area contributed by atoms with Crippen LogP contribution in [0.3, 0.4) is 0 Å². The minimum atomic E-state index is 0.546.